The summed E-state index contributed by atoms with van der Waals surface area (Å²) in [7, 11) is 0. The molecule has 168 valence electrons. The van der Waals surface area contributed by atoms with Crippen LogP contribution in [0.3, 0.4) is 0 Å². The third-order valence-corrected chi connectivity index (χ3v) is 7.20. The standard InChI is InChI=1S/C24H22ClN5O3/c1-12-6-15(14(3)27-16-4-5-17(25)28-18(16)22(32)33)20-29-19(13(2)21(31)30(20)7-12)24-8-23(9-24,10-24)11-26/h4-7,14,27H,8-10H2,1-3H3,(H,32,33)/t14-,23?,24?/m1/s1. The predicted molar refractivity (Wildman–Crippen MR) is 123 cm³/mol. The molecule has 3 aromatic rings. The number of aromatic nitrogens is 3. The van der Waals surface area contributed by atoms with E-state index in [9.17, 15) is 20.0 Å². The number of carboxylic acids is 1. The minimum Gasteiger partial charge on any atom is -0.476 e. The number of aromatic carboxylic acids is 1. The summed E-state index contributed by atoms with van der Waals surface area (Å²) in [5.74, 6) is -1.19. The van der Waals surface area contributed by atoms with Crippen LogP contribution in [-0.2, 0) is 5.41 Å². The molecule has 2 bridgehead atoms. The molecule has 3 aliphatic rings. The molecule has 1 atom stereocenters. The van der Waals surface area contributed by atoms with Crippen LogP contribution in [0.2, 0.25) is 5.15 Å². The van der Waals surface area contributed by atoms with Crippen LogP contribution < -0.4 is 10.9 Å². The second-order valence-corrected chi connectivity index (χ2v) is 9.85. The highest BCUT2D eigenvalue weighted by atomic mass is 35.5. The van der Waals surface area contributed by atoms with Gasteiger partial charge in [0, 0.05) is 22.7 Å². The van der Waals surface area contributed by atoms with E-state index in [0.29, 0.717) is 16.9 Å². The van der Waals surface area contributed by atoms with E-state index in [2.05, 4.69) is 16.4 Å². The lowest BCUT2D eigenvalue weighted by atomic mass is 9.34. The molecule has 0 saturated heterocycles. The summed E-state index contributed by atoms with van der Waals surface area (Å²) in [5.41, 5.74) is 3.15. The molecule has 8 nitrogen and oxygen atoms in total. The average Bonchev–Trinajstić information content (AvgIpc) is 2.71. The smallest absolute Gasteiger partial charge is 0.356 e. The number of carbonyl (C=O) groups is 1. The first-order valence-electron chi connectivity index (χ1n) is 10.7. The zero-order chi connectivity index (χ0) is 23.7. The number of halogens is 1. The van der Waals surface area contributed by atoms with Gasteiger partial charge < -0.3 is 10.4 Å². The molecule has 3 aromatic heterocycles. The van der Waals surface area contributed by atoms with Gasteiger partial charge in [-0.05, 0) is 63.8 Å². The molecular formula is C24H22ClN5O3. The molecule has 2 N–H and O–H groups in total. The highest BCUT2D eigenvalue weighted by molar-refractivity contribution is 6.29. The normalized spacial score (nSPS) is 23.8. The first-order chi connectivity index (χ1) is 15.6. The Morgan fingerprint density at radius 3 is 2.64 bits per heavy atom. The van der Waals surface area contributed by atoms with Crippen molar-refractivity contribution in [2.45, 2.75) is 51.5 Å². The zero-order valence-electron chi connectivity index (χ0n) is 18.4. The number of fused-ring (bicyclic) bond motifs is 1. The van der Waals surface area contributed by atoms with Crippen LogP contribution in [0, 0.1) is 30.6 Å². The van der Waals surface area contributed by atoms with Crippen LogP contribution in [0.4, 0.5) is 5.69 Å². The third-order valence-electron chi connectivity index (χ3n) is 6.99. The van der Waals surface area contributed by atoms with Gasteiger partial charge in [0.1, 0.15) is 10.8 Å². The van der Waals surface area contributed by atoms with E-state index in [1.165, 1.54) is 6.07 Å². The largest absolute Gasteiger partial charge is 0.476 e. The van der Waals surface area contributed by atoms with Crippen LogP contribution in [0.25, 0.3) is 5.65 Å². The molecular weight excluding hydrogens is 442 g/mol. The van der Waals surface area contributed by atoms with Crippen molar-refractivity contribution in [3.63, 3.8) is 0 Å². The van der Waals surface area contributed by atoms with Crippen molar-refractivity contribution in [1.82, 2.24) is 14.4 Å². The molecule has 9 heteroatoms. The Morgan fingerprint density at radius 1 is 1.30 bits per heavy atom. The number of aryl methyl sites for hydroxylation is 1. The van der Waals surface area contributed by atoms with Crippen molar-refractivity contribution in [2.24, 2.45) is 5.41 Å². The molecule has 0 spiro atoms. The summed E-state index contributed by atoms with van der Waals surface area (Å²) >= 11 is 5.88. The number of carboxylic acid groups (broad SMARTS) is 1. The lowest BCUT2D eigenvalue weighted by Gasteiger charge is -2.66. The molecule has 0 unspecified atom stereocenters. The second-order valence-electron chi connectivity index (χ2n) is 9.46. The van der Waals surface area contributed by atoms with Crippen molar-refractivity contribution >= 4 is 28.9 Å². The van der Waals surface area contributed by atoms with E-state index in [4.69, 9.17) is 16.6 Å². The fraction of sp³-hybridized carbons (Fsp3) is 0.375. The van der Waals surface area contributed by atoms with E-state index >= 15 is 0 Å². The van der Waals surface area contributed by atoms with E-state index in [1.54, 1.807) is 23.6 Å². The molecule has 0 aliphatic heterocycles. The summed E-state index contributed by atoms with van der Waals surface area (Å²) in [6.45, 7) is 5.58. The average molecular weight is 464 g/mol. The van der Waals surface area contributed by atoms with Gasteiger partial charge >= 0.3 is 5.97 Å². The van der Waals surface area contributed by atoms with Crippen LogP contribution >= 0.6 is 11.6 Å². The maximum atomic E-state index is 13.3. The number of nitrogens with one attached hydrogen (secondary N) is 1. The van der Waals surface area contributed by atoms with Crippen molar-refractivity contribution in [3.05, 3.63) is 68.0 Å². The van der Waals surface area contributed by atoms with Gasteiger partial charge in [-0.1, -0.05) is 11.6 Å². The first kappa shape index (κ1) is 21.4. The van der Waals surface area contributed by atoms with Crippen LogP contribution in [0.15, 0.2) is 29.2 Å². The highest BCUT2D eigenvalue weighted by Crippen LogP contribution is 2.73. The van der Waals surface area contributed by atoms with Crippen molar-refractivity contribution < 1.29 is 9.90 Å². The number of hydrogen-bond donors (Lipinski definition) is 2. The Kier molecular flexibility index (Phi) is 4.56. The second kappa shape index (κ2) is 7.03. The Balaban J connectivity index is 1.61. The minimum absolute atomic E-state index is 0.0913. The predicted octanol–water partition coefficient (Wildman–Crippen LogP) is 4.18. The van der Waals surface area contributed by atoms with Gasteiger partial charge in [0.25, 0.3) is 5.56 Å². The number of anilines is 1. The lowest BCUT2D eigenvalue weighted by molar-refractivity contribution is -0.0960. The molecule has 33 heavy (non-hydrogen) atoms. The fourth-order valence-corrected chi connectivity index (χ4v) is 5.66. The molecule has 0 aromatic carbocycles. The maximum absolute atomic E-state index is 13.3. The molecule has 6 rings (SSSR count). The van der Waals surface area contributed by atoms with Crippen molar-refractivity contribution in [2.75, 3.05) is 5.32 Å². The lowest BCUT2D eigenvalue weighted by Crippen LogP contribution is -2.64. The molecule has 3 fully saturated rings. The topological polar surface area (TPSA) is 120 Å². The van der Waals surface area contributed by atoms with E-state index in [0.717, 1.165) is 36.1 Å². The third kappa shape index (κ3) is 3.10. The number of nitrogens with zero attached hydrogens (tertiary/aromatic N) is 4. The minimum atomic E-state index is -1.19. The van der Waals surface area contributed by atoms with Crippen LogP contribution in [-0.4, -0.2) is 25.4 Å². The van der Waals surface area contributed by atoms with Gasteiger partial charge in [-0.3, -0.25) is 9.20 Å². The fourth-order valence-electron chi connectivity index (χ4n) is 5.51. The monoisotopic (exact) mass is 463 g/mol. The quantitative estimate of drug-likeness (QED) is 0.544. The maximum Gasteiger partial charge on any atom is 0.356 e. The first-order valence-corrected chi connectivity index (χ1v) is 11.1. The summed E-state index contributed by atoms with van der Waals surface area (Å²) in [5, 5.41) is 22.2. The van der Waals surface area contributed by atoms with Gasteiger partial charge in [0.2, 0.25) is 0 Å². The summed E-state index contributed by atoms with van der Waals surface area (Å²) in [4.78, 5) is 33.8. The Hall–Kier alpha value is -3.44. The van der Waals surface area contributed by atoms with Crippen LogP contribution in [0.1, 0.15) is 65.1 Å². The Bertz CT molecular complexity index is 1440. The number of rotatable bonds is 5. The molecule has 3 heterocycles. The molecule has 3 saturated carbocycles. The van der Waals surface area contributed by atoms with E-state index < -0.39 is 5.97 Å². The number of pyridine rings is 2. The molecule has 0 amide bonds. The Labute approximate surface area is 194 Å². The number of nitriles is 1. The highest BCUT2D eigenvalue weighted by Gasteiger charge is 2.70. The SMILES string of the molecule is Cc1cc([C@@H](C)Nc2ccc(Cl)nc2C(=O)O)c2nc(C34CC(C#N)(C3)C4)c(C)c(=O)n2c1. The molecule has 0 radical (unpaired) electrons. The Morgan fingerprint density at radius 2 is 2.00 bits per heavy atom. The number of hydrogen-bond acceptors (Lipinski definition) is 6. The van der Waals surface area contributed by atoms with E-state index in [-0.39, 0.29) is 33.3 Å². The van der Waals surface area contributed by atoms with E-state index in [1.807, 2.05) is 19.9 Å². The van der Waals surface area contributed by atoms with Gasteiger partial charge in [0.15, 0.2) is 5.69 Å². The summed E-state index contributed by atoms with van der Waals surface area (Å²) in [6, 6.07) is 7.08. The van der Waals surface area contributed by atoms with Crippen LogP contribution in [0.5, 0.6) is 0 Å². The van der Waals surface area contributed by atoms with Gasteiger partial charge in [0.05, 0.1) is 28.9 Å². The van der Waals surface area contributed by atoms with Crippen molar-refractivity contribution in [3.8, 4) is 6.07 Å². The van der Waals surface area contributed by atoms with Crippen molar-refractivity contribution in [1.29, 1.82) is 5.26 Å². The zero-order valence-corrected chi connectivity index (χ0v) is 19.2. The molecule has 3 aliphatic carbocycles. The summed E-state index contributed by atoms with van der Waals surface area (Å²) in [6.07, 6.45) is 4.00. The van der Waals surface area contributed by atoms with Gasteiger partial charge in [-0.25, -0.2) is 14.8 Å². The van der Waals surface area contributed by atoms with Gasteiger partial charge in [-0.2, -0.15) is 5.26 Å². The van der Waals surface area contributed by atoms with Gasteiger partial charge in [-0.15, -0.1) is 0 Å². The summed E-state index contributed by atoms with van der Waals surface area (Å²) < 4.78 is 1.56.